The van der Waals surface area contributed by atoms with E-state index in [0.29, 0.717) is 11.4 Å². The van der Waals surface area contributed by atoms with Crippen molar-refractivity contribution in [3.63, 3.8) is 0 Å². The number of carbonyl (C=O) groups excluding carboxylic acids is 1. The van der Waals surface area contributed by atoms with Crippen LogP contribution >= 0.6 is 15.9 Å². The second-order valence-corrected chi connectivity index (χ2v) is 8.10. The molecule has 23 heavy (non-hydrogen) atoms. The number of sulfonamides is 1. The highest BCUT2D eigenvalue weighted by Crippen LogP contribution is 2.35. The van der Waals surface area contributed by atoms with Crippen molar-refractivity contribution in [3.05, 3.63) is 53.0 Å². The number of fused-ring (bicyclic) bond motifs is 1. The Balaban J connectivity index is 2.16. The molecule has 2 aromatic carbocycles. The van der Waals surface area contributed by atoms with Crippen LogP contribution < -0.4 is 9.62 Å². The summed E-state index contributed by atoms with van der Waals surface area (Å²) in [5, 5.41) is 2.76. The van der Waals surface area contributed by atoms with E-state index in [2.05, 4.69) is 21.2 Å². The Kier molecular flexibility index (Phi) is 4.16. The van der Waals surface area contributed by atoms with Crippen LogP contribution in [0.5, 0.6) is 0 Å². The van der Waals surface area contributed by atoms with Crippen molar-refractivity contribution in [3.8, 4) is 0 Å². The van der Waals surface area contributed by atoms with Gasteiger partial charge in [0.25, 0.3) is 10.0 Å². The van der Waals surface area contributed by atoms with E-state index in [9.17, 15) is 13.2 Å². The molecule has 0 spiro atoms. The van der Waals surface area contributed by atoms with Gasteiger partial charge in [-0.3, -0.25) is 9.10 Å². The Bertz CT molecular complexity index is 850. The summed E-state index contributed by atoms with van der Waals surface area (Å²) in [6.07, 6.45) is 0.102. The van der Waals surface area contributed by atoms with Crippen molar-refractivity contribution in [2.75, 3.05) is 9.62 Å². The molecule has 120 valence electrons. The number of amides is 1. The van der Waals surface area contributed by atoms with Crippen LogP contribution in [-0.2, 0) is 14.8 Å². The molecule has 7 heteroatoms. The predicted molar refractivity (Wildman–Crippen MR) is 93.0 cm³/mol. The summed E-state index contributed by atoms with van der Waals surface area (Å²) in [5.74, 6) is -0.196. The lowest BCUT2D eigenvalue weighted by molar-refractivity contribution is -0.116. The van der Waals surface area contributed by atoms with Crippen LogP contribution in [0.2, 0.25) is 0 Å². The molecule has 2 aromatic rings. The van der Waals surface area contributed by atoms with E-state index in [-0.39, 0.29) is 17.2 Å². The molecule has 5 nitrogen and oxygen atoms in total. The Labute approximate surface area is 143 Å². The van der Waals surface area contributed by atoms with Gasteiger partial charge in [0.15, 0.2) is 0 Å². The van der Waals surface area contributed by atoms with Gasteiger partial charge in [0.2, 0.25) is 5.91 Å². The van der Waals surface area contributed by atoms with Crippen molar-refractivity contribution >= 4 is 43.2 Å². The zero-order chi connectivity index (χ0) is 16.6. The maximum absolute atomic E-state index is 13.1. The third kappa shape index (κ3) is 2.98. The Morgan fingerprint density at radius 1 is 1.13 bits per heavy atom. The molecule has 0 bridgehead atoms. The smallest absolute Gasteiger partial charge is 0.264 e. The summed E-state index contributed by atoms with van der Waals surface area (Å²) < 4.78 is 28.3. The van der Waals surface area contributed by atoms with E-state index in [1.165, 1.54) is 4.31 Å². The third-order valence-corrected chi connectivity index (χ3v) is 6.14. The van der Waals surface area contributed by atoms with Gasteiger partial charge in [0.1, 0.15) is 0 Å². The van der Waals surface area contributed by atoms with E-state index in [0.717, 1.165) is 4.47 Å². The summed E-state index contributed by atoms with van der Waals surface area (Å²) >= 11 is 3.30. The number of nitrogens with zero attached hydrogens (tertiary/aromatic N) is 1. The first-order valence-electron chi connectivity index (χ1n) is 7.08. The van der Waals surface area contributed by atoms with Gasteiger partial charge in [-0.2, -0.15) is 0 Å². The van der Waals surface area contributed by atoms with Crippen molar-refractivity contribution in [2.45, 2.75) is 24.3 Å². The number of anilines is 2. The Hall–Kier alpha value is -1.86. The fourth-order valence-electron chi connectivity index (χ4n) is 2.65. The maximum Gasteiger partial charge on any atom is 0.264 e. The van der Waals surface area contributed by atoms with Crippen LogP contribution in [-0.4, -0.2) is 20.4 Å². The molecule has 1 heterocycles. The Morgan fingerprint density at radius 2 is 1.78 bits per heavy atom. The second-order valence-electron chi connectivity index (χ2n) is 5.37. The van der Waals surface area contributed by atoms with Crippen LogP contribution in [0.25, 0.3) is 0 Å². The SMILES string of the molecule is C[C@@H]1CC(=O)Nc2ccccc2N1S(=O)(=O)c1ccc(Br)cc1. The topological polar surface area (TPSA) is 66.5 Å². The lowest BCUT2D eigenvalue weighted by Gasteiger charge is -2.29. The van der Waals surface area contributed by atoms with Crippen molar-refractivity contribution in [1.29, 1.82) is 0 Å². The molecule has 1 aliphatic heterocycles. The largest absolute Gasteiger partial charge is 0.324 e. The molecule has 0 radical (unpaired) electrons. The number of nitrogens with one attached hydrogen (secondary N) is 1. The first-order valence-corrected chi connectivity index (χ1v) is 9.32. The highest BCUT2D eigenvalue weighted by atomic mass is 79.9. The molecule has 0 saturated carbocycles. The van der Waals surface area contributed by atoms with Gasteiger partial charge in [-0.1, -0.05) is 28.1 Å². The monoisotopic (exact) mass is 394 g/mol. The van der Waals surface area contributed by atoms with Gasteiger partial charge in [0.05, 0.1) is 22.3 Å². The summed E-state index contributed by atoms with van der Waals surface area (Å²) in [6.45, 7) is 1.73. The van der Waals surface area contributed by atoms with Crippen LogP contribution in [0.15, 0.2) is 57.9 Å². The van der Waals surface area contributed by atoms with Crippen LogP contribution in [0, 0.1) is 0 Å². The first kappa shape index (κ1) is 16.0. The summed E-state index contributed by atoms with van der Waals surface area (Å²) in [4.78, 5) is 12.2. The van der Waals surface area contributed by atoms with Crippen molar-refractivity contribution in [1.82, 2.24) is 0 Å². The van der Waals surface area contributed by atoms with Crippen LogP contribution in [0.3, 0.4) is 0 Å². The van der Waals surface area contributed by atoms with Gasteiger partial charge >= 0.3 is 0 Å². The average Bonchev–Trinajstić information content (AvgIpc) is 2.62. The molecule has 1 aliphatic rings. The third-order valence-electron chi connectivity index (χ3n) is 3.67. The Morgan fingerprint density at radius 3 is 2.48 bits per heavy atom. The molecule has 0 saturated heterocycles. The molecule has 0 fully saturated rings. The minimum absolute atomic E-state index is 0.102. The second kappa shape index (κ2) is 5.98. The zero-order valence-corrected chi connectivity index (χ0v) is 14.8. The van der Waals surface area contributed by atoms with E-state index in [1.54, 1.807) is 55.5 Å². The highest BCUT2D eigenvalue weighted by Gasteiger charge is 2.34. The van der Waals surface area contributed by atoms with Gasteiger partial charge in [0, 0.05) is 10.9 Å². The van der Waals surface area contributed by atoms with Crippen molar-refractivity contribution in [2.24, 2.45) is 0 Å². The van der Waals surface area contributed by atoms with E-state index in [1.807, 2.05) is 0 Å². The molecule has 1 atom stereocenters. The fraction of sp³-hybridized carbons (Fsp3) is 0.188. The van der Waals surface area contributed by atoms with Gasteiger partial charge < -0.3 is 5.32 Å². The highest BCUT2D eigenvalue weighted by molar-refractivity contribution is 9.10. The summed E-state index contributed by atoms with van der Waals surface area (Å²) in [5.41, 5.74) is 0.983. The predicted octanol–water partition coefficient (Wildman–Crippen LogP) is 3.38. The standard InChI is InChI=1S/C16H15BrN2O3S/c1-11-10-16(20)18-14-4-2-3-5-15(14)19(11)23(21,22)13-8-6-12(17)7-9-13/h2-9,11H,10H2,1H3,(H,18,20)/t11-/m1/s1. The lowest BCUT2D eigenvalue weighted by atomic mass is 10.2. The van der Waals surface area contributed by atoms with E-state index in [4.69, 9.17) is 0 Å². The minimum Gasteiger partial charge on any atom is -0.324 e. The number of hydrogen-bond donors (Lipinski definition) is 1. The molecule has 0 aliphatic carbocycles. The first-order chi connectivity index (χ1) is 10.9. The molecule has 3 rings (SSSR count). The van der Waals surface area contributed by atoms with Crippen molar-refractivity contribution < 1.29 is 13.2 Å². The number of carbonyl (C=O) groups is 1. The molecule has 0 aromatic heterocycles. The van der Waals surface area contributed by atoms with E-state index >= 15 is 0 Å². The number of halogens is 1. The maximum atomic E-state index is 13.1. The van der Waals surface area contributed by atoms with Crippen LogP contribution in [0.1, 0.15) is 13.3 Å². The van der Waals surface area contributed by atoms with Gasteiger partial charge in [-0.25, -0.2) is 8.42 Å². The quantitative estimate of drug-likeness (QED) is 0.848. The molecular weight excluding hydrogens is 380 g/mol. The summed E-state index contributed by atoms with van der Waals surface area (Å²) in [7, 11) is -3.77. The normalized spacial score (nSPS) is 18.1. The molecule has 1 N–H and O–H groups in total. The zero-order valence-electron chi connectivity index (χ0n) is 12.4. The van der Waals surface area contributed by atoms with Gasteiger partial charge in [-0.15, -0.1) is 0 Å². The molecule has 1 amide bonds. The summed E-state index contributed by atoms with van der Waals surface area (Å²) in [6, 6.07) is 12.9. The van der Waals surface area contributed by atoms with Crippen LogP contribution in [0.4, 0.5) is 11.4 Å². The fourth-order valence-corrected chi connectivity index (χ4v) is 4.59. The minimum atomic E-state index is -3.77. The number of rotatable bonds is 2. The average molecular weight is 395 g/mol. The molecular formula is C16H15BrN2O3S. The number of para-hydroxylation sites is 2. The lowest BCUT2D eigenvalue weighted by Crippen LogP contribution is -2.39. The molecule has 0 unspecified atom stereocenters. The van der Waals surface area contributed by atoms with Gasteiger partial charge in [-0.05, 0) is 43.3 Å². The number of hydrogen-bond acceptors (Lipinski definition) is 3. The van der Waals surface area contributed by atoms with E-state index < -0.39 is 16.1 Å². The number of benzene rings is 2.